The highest BCUT2D eigenvalue weighted by atomic mass is 16.2. The second-order valence-electron chi connectivity index (χ2n) is 5.18. The number of nitrogens with zero attached hydrogens (tertiary/aromatic N) is 1. The van der Waals surface area contributed by atoms with Gasteiger partial charge in [-0.25, -0.2) is 0 Å². The minimum Gasteiger partial charge on any atom is -0.353 e. The maximum absolute atomic E-state index is 11.7. The number of likely N-dealkylation sites (N-methyl/N-ethyl adjacent to an activating group) is 1. The van der Waals surface area contributed by atoms with Crippen LogP contribution in [0.2, 0.25) is 0 Å². The Morgan fingerprint density at radius 3 is 2.53 bits per heavy atom. The summed E-state index contributed by atoms with van der Waals surface area (Å²) in [4.78, 5) is 13.9. The summed E-state index contributed by atoms with van der Waals surface area (Å²) in [5.74, 6) is 0.122. The van der Waals surface area contributed by atoms with Gasteiger partial charge in [0.25, 0.3) is 0 Å². The molecule has 0 spiro atoms. The van der Waals surface area contributed by atoms with Crippen LogP contribution in [0.1, 0.15) is 32.8 Å². The zero-order chi connectivity index (χ0) is 14.1. The van der Waals surface area contributed by atoms with Gasteiger partial charge in [0, 0.05) is 6.04 Å². The number of hydrogen-bond acceptors (Lipinski definition) is 2. The number of amides is 1. The topological polar surface area (TPSA) is 32.3 Å². The summed E-state index contributed by atoms with van der Waals surface area (Å²) < 4.78 is 0. The molecule has 106 valence electrons. The Balaban J connectivity index is 2.27. The average Bonchev–Trinajstić information content (AvgIpc) is 2.38. The molecule has 19 heavy (non-hydrogen) atoms. The van der Waals surface area contributed by atoms with Crippen molar-refractivity contribution >= 4 is 5.91 Å². The minimum absolute atomic E-state index is 0.122. The molecule has 1 amide bonds. The van der Waals surface area contributed by atoms with Crippen LogP contribution >= 0.6 is 0 Å². The zero-order valence-corrected chi connectivity index (χ0v) is 12.4. The molecule has 1 aromatic rings. The SMILES string of the molecule is CCN(CCCc1ccccc1)CC(=O)NC(C)C. The smallest absolute Gasteiger partial charge is 0.234 e. The van der Waals surface area contributed by atoms with E-state index in [0.29, 0.717) is 6.54 Å². The third-order valence-electron chi connectivity index (χ3n) is 3.05. The van der Waals surface area contributed by atoms with Crippen LogP contribution in [0.3, 0.4) is 0 Å². The molecule has 0 atom stereocenters. The molecular formula is C16H26N2O. The van der Waals surface area contributed by atoms with Crippen LogP contribution in [-0.2, 0) is 11.2 Å². The molecule has 0 saturated heterocycles. The lowest BCUT2D eigenvalue weighted by molar-refractivity contribution is -0.122. The molecule has 0 heterocycles. The molecule has 0 aromatic heterocycles. The Hall–Kier alpha value is -1.35. The summed E-state index contributed by atoms with van der Waals surface area (Å²) in [6.07, 6.45) is 2.16. The number of benzene rings is 1. The van der Waals surface area contributed by atoms with E-state index in [1.807, 2.05) is 19.9 Å². The van der Waals surface area contributed by atoms with E-state index in [1.165, 1.54) is 5.56 Å². The molecule has 1 rings (SSSR count). The van der Waals surface area contributed by atoms with Crippen LogP contribution in [0.4, 0.5) is 0 Å². The molecule has 1 aromatic carbocycles. The highest BCUT2D eigenvalue weighted by Gasteiger charge is 2.09. The minimum atomic E-state index is 0.122. The Labute approximate surface area is 117 Å². The lowest BCUT2D eigenvalue weighted by Gasteiger charge is -2.20. The first kappa shape index (κ1) is 15.7. The van der Waals surface area contributed by atoms with Gasteiger partial charge in [-0.2, -0.15) is 0 Å². The molecule has 0 aliphatic rings. The van der Waals surface area contributed by atoms with E-state index >= 15 is 0 Å². The van der Waals surface area contributed by atoms with Crippen molar-refractivity contribution in [3.63, 3.8) is 0 Å². The monoisotopic (exact) mass is 262 g/mol. The van der Waals surface area contributed by atoms with Crippen LogP contribution in [-0.4, -0.2) is 36.5 Å². The van der Waals surface area contributed by atoms with Crippen molar-refractivity contribution in [3.05, 3.63) is 35.9 Å². The van der Waals surface area contributed by atoms with Gasteiger partial charge in [0.1, 0.15) is 0 Å². The fraction of sp³-hybridized carbons (Fsp3) is 0.562. The van der Waals surface area contributed by atoms with Crippen molar-refractivity contribution in [1.82, 2.24) is 10.2 Å². The molecule has 0 aliphatic carbocycles. The fourth-order valence-corrected chi connectivity index (χ4v) is 2.07. The van der Waals surface area contributed by atoms with Gasteiger partial charge in [-0.15, -0.1) is 0 Å². The molecule has 0 fully saturated rings. The number of nitrogens with one attached hydrogen (secondary N) is 1. The van der Waals surface area contributed by atoms with Crippen LogP contribution < -0.4 is 5.32 Å². The predicted molar refractivity (Wildman–Crippen MR) is 80.2 cm³/mol. The van der Waals surface area contributed by atoms with E-state index in [0.717, 1.165) is 25.9 Å². The predicted octanol–water partition coefficient (Wildman–Crippen LogP) is 2.47. The van der Waals surface area contributed by atoms with Gasteiger partial charge in [0.2, 0.25) is 5.91 Å². The van der Waals surface area contributed by atoms with Crippen LogP contribution in [0.15, 0.2) is 30.3 Å². The molecule has 0 aliphatic heterocycles. The summed E-state index contributed by atoms with van der Waals surface area (Å²) in [5, 5.41) is 2.94. The van der Waals surface area contributed by atoms with E-state index in [2.05, 4.69) is 41.4 Å². The zero-order valence-electron chi connectivity index (χ0n) is 12.4. The standard InChI is InChI=1S/C16H26N2O/c1-4-18(13-16(19)17-14(2)3)12-8-11-15-9-6-5-7-10-15/h5-7,9-10,14H,4,8,11-13H2,1-3H3,(H,17,19). The van der Waals surface area contributed by atoms with Crippen molar-refractivity contribution in [2.45, 2.75) is 39.7 Å². The summed E-state index contributed by atoms with van der Waals surface area (Å²) in [5.41, 5.74) is 1.37. The maximum Gasteiger partial charge on any atom is 0.234 e. The summed E-state index contributed by atoms with van der Waals surface area (Å²) in [6.45, 7) is 8.47. The third-order valence-corrected chi connectivity index (χ3v) is 3.05. The molecular weight excluding hydrogens is 236 g/mol. The van der Waals surface area contributed by atoms with Gasteiger partial charge in [0.05, 0.1) is 6.54 Å². The third kappa shape index (κ3) is 6.97. The van der Waals surface area contributed by atoms with Gasteiger partial charge in [-0.1, -0.05) is 37.3 Å². The molecule has 0 saturated carbocycles. The van der Waals surface area contributed by atoms with E-state index < -0.39 is 0 Å². The second-order valence-corrected chi connectivity index (χ2v) is 5.18. The van der Waals surface area contributed by atoms with Gasteiger partial charge in [-0.3, -0.25) is 9.69 Å². The lowest BCUT2D eigenvalue weighted by Crippen LogP contribution is -2.40. The Morgan fingerprint density at radius 1 is 1.26 bits per heavy atom. The van der Waals surface area contributed by atoms with Gasteiger partial charge in [0.15, 0.2) is 0 Å². The van der Waals surface area contributed by atoms with Crippen LogP contribution in [0, 0.1) is 0 Å². The molecule has 0 unspecified atom stereocenters. The van der Waals surface area contributed by atoms with Gasteiger partial charge >= 0.3 is 0 Å². The Kier molecular flexibility index (Phi) is 7.19. The Bertz CT molecular complexity index is 362. The summed E-state index contributed by atoms with van der Waals surface area (Å²) in [7, 11) is 0. The number of aryl methyl sites for hydroxylation is 1. The number of carbonyl (C=O) groups is 1. The molecule has 0 bridgehead atoms. The van der Waals surface area contributed by atoms with Crippen LogP contribution in [0.5, 0.6) is 0 Å². The Morgan fingerprint density at radius 2 is 1.95 bits per heavy atom. The summed E-state index contributed by atoms with van der Waals surface area (Å²) >= 11 is 0. The van der Waals surface area contributed by atoms with Gasteiger partial charge < -0.3 is 5.32 Å². The molecule has 3 heteroatoms. The first-order valence-corrected chi connectivity index (χ1v) is 7.17. The van der Waals surface area contributed by atoms with E-state index in [4.69, 9.17) is 0 Å². The second kappa shape index (κ2) is 8.70. The highest BCUT2D eigenvalue weighted by molar-refractivity contribution is 5.78. The number of hydrogen-bond donors (Lipinski definition) is 1. The first-order valence-electron chi connectivity index (χ1n) is 7.17. The largest absolute Gasteiger partial charge is 0.353 e. The fourth-order valence-electron chi connectivity index (χ4n) is 2.07. The normalized spacial score (nSPS) is 11.0. The quantitative estimate of drug-likeness (QED) is 0.780. The van der Waals surface area contributed by atoms with E-state index in [-0.39, 0.29) is 11.9 Å². The molecule has 0 radical (unpaired) electrons. The van der Waals surface area contributed by atoms with Crippen molar-refractivity contribution in [1.29, 1.82) is 0 Å². The molecule has 1 N–H and O–H groups in total. The van der Waals surface area contributed by atoms with Gasteiger partial charge in [-0.05, 0) is 45.3 Å². The average molecular weight is 262 g/mol. The highest BCUT2D eigenvalue weighted by Crippen LogP contribution is 2.03. The molecule has 3 nitrogen and oxygen atoms in total. The summed E-state index contributed by atoms with van der Waals surface area (Å²) in [6, 6.07) is 10.7. The number of rotatable bonds is 8. The van der Waals surface area contributed by atoms with E-state index in [1.54, 1.807) is 0 Å². The van der Waals surface area contributed by atoms with Crippen molar-refractivity contribution in [2.75, 3.05) is 19.6 Å². The van der Waals surface area contributed by atoms with E-state index in [9.17, 15) is 4.79 Å². The first-order chi connectivity index (χ1) is 9.11. The van der Waals surface area contributed by atoms with Crippen molar-refractivity contribution < 1.29 is 4.79 Å². The maximum atomic E-state index is 11.7. The number of carbonyl (C=O) groups excluding carboxylic acids is 1. The van der Waals surface area contributed by atoms with Crippen molar-refractivity contribution in [3.8, 4) is 0 Å². The van der Waals surface area contributed by atoms with Crippen LogP contribution in [0.25, 0.3) is 0 Å². The van der Waals surface area contributed by atoms with Crippen molar-refractivity contribution in [2.24, 2.45) is 0 Å². The lowest BCUT2D eigenvalue weighted by atomic mass is 10.1.